The van der Waals surface area contributed by atoms with Gasteiger partial charge in [-0.1, -0.05) is 0 Å². The van der Waals surface area contributed by atoms with Crippen LogP contribution in [0.4, 0.5) is 0 Å². The van der Waals surface area contributed by atoms with Crippen LogP contribution in [0.25, 0.3) is 0 Å². The van der Waals surface area contributed by atoms with E-state index in [1.165, 1.54) is 23.3 Å². The maximum Gasteiger partial charge on any atom is 0.136 e. The predicted molar refractivity (Wildman–Crippen MR) is 65.7 cm³/mol. The van der Waals surface area contributed by atoms with Crippen molar-refractivity contribution in [3.05, 3.63) is 21.9 Å². The van der Waals surface area contributed by atoms with Crippen molar-refractivity contribution in [3.8, 4) is 0 Å². The summed E-state index contributed by atoms with van der Waals surface area (Å²) in [4.78, 5) is 15.6. The van der Waals surface area contributed by atoms with Crippen LogP contribution in [-0.2, 0) is 11.3 Å². The van der Waals surface area contributed by atoms with E-state index in [4.69, 9.17) is 0 Å². The summed E-state index contributed by atoms with van der Waals surface area (Å²) in [5.41, 5.74) is 1.40. The fourth-order valence-corrected chi connectivity index (χ4v) is 3.97. The second kappa shape index (κ2) is 3.97. The zero-order valence-electron chi connectivity index (χ0n) is 9.61. The summed E-state index contributed by atoms with van der Waals surface area (Å²) in [5.74, 6) is 0.478. The number of thiophene rings is 1. The molecule has 1 aromatic rings. The Morgan fingerprint density at radius 2 is 2.06 bits per heavy atom. The fourth-order valence-electron chi connectivity index (χ4n) is 3.05. The first-order chi connectivity index (χ1) is 7.74. The van der Waals surface area contributed by atoms with E-state index in [0.29, 0.717) is 17.9 Å². The number of ketones is 1. The van der Waals surface area contributed by atoms with Gasteiger partial charge in [-0.3, -0.25) is 9.69 Å². The van der Waals surface area contributed by atoms with Gasteiger partial charge < -0.3 is 0 Å². The Hall–Kier alpha value is -0.670. The lowest BCUT2D eigenvalue weighted by Gasteiger charge is -2.33. The van der Waals surface area contributed by atoms with Gasteiger partial charge in [0.1, 0.15) is 5.78 Å². The Labute approximate surface area is 100 Å². The van der Waals surface area contributed by atoms with Gasteiger partial charge in [-0.25, -0.2) is 0 Å². The Morgan fingerprint density at radius 1 is 1.38 bits per heavy atom. The van der Waals surface area contributed by atoms with Crippen LogP contribution >= 0.6 is 11.3 Å². The molecule has 0 radical (unpaired) electrons. The van der Waals surface area contributed by atoms with Gasteiger partial charge >= 0.3 is 0 Å². The minimum Gasteiger partial charge on any atom is -0.300 e. The van der Waals surface area contributed by atoms with Crippen molar-refractivity contribution in [1.29, 1.82) is 0 Å². The number of piperidine rings is 1. The highest BCUT2D eigenvalue weighted by molar-refractivity contribution is 7.10. The van der Waals surface area contributed by atoms with Crippen LogP contribution in [0.2, 0.25) is 0 Å². The van der Waals surface area contributed by atoms with Gasteiger partial charge in [0, 0.05) is 36.3 Å². The van der Waals surface area contributed by atoms with Crippen molar-refractivity contribution >= 4 is 17.1 Å². The van der Waals surface area contributed by atoms with Gasteiger partial charge in [0.25, 0.3) is 0 Å². The molecule has 86 valence electrons. The molecule has 3 heterocycles. The Bertz CT molecular complexity index is 396. The molecular formula is C13H17NOS. The van der Waals surface area contributed by atoms with Crippen LogP contribution < -0.4 is 0 Å². The summed E-state index contributed by atoms with van der Waals surface area (Å²) in [5, 5.41) is 2.17. The highest BCUT2D eigenvalue weighted by Crippen LogP contribution is 2.36. The number of nitrogens with zero attached hydrogens (tertiary/aromatic N) is 1. The molecule has 0 amide bonds. The van der Waals surface area contributed by atoms with E-state index in [9.17, 15) is 4.79 Å². The van der Waals surface area contributed by atoms with Gasteiger partial charge in [-0.2, -0.15) is 0 Å². The third-order valence-electron chi connectivity index (χ3n) is 3.99. The van der Waals surface area contributed by atoms with Gasteiger partial charge in [0.15, 0.2) is 0 Å². The third-order valence-corrected chi connectivity index (χ3v) is 5.00. The van der Waals surface area contributed by atoms with E-state index >= 15 is 0 Å². The summed E-state index contributed by atoms with van der Waals surface area (Å²) < 4.78 is 0. The molecule has 16 heavy (non-hydrogen) atoms. The summed E-state index contributed by atoms with van der Waals surface area (Å²) in [6.07, 6.45) is 4.03. The lowest BCUT2D eigenvalue weighted by atomic mass is 10.0. The summed E-state index contributed by atoms with van der Waals surface area (Å²) in [7, 11) is 0. The van der Waals surface area contributed by atoms with E-state index < -0.39 is 0 Å². The normalized spacial score (nSPS) is 29.9. The molecule has 1 aromatic heterocycles. The average Bonchev–Trinajstić information content (AvgIpc) is 2.73. The van der Waals surface area contributed by atoms with Crippen molar-refractivity contribution in [2.45, 2.75) is 51.2 Å². The second-order valence-electron chi connectivity index (χ2n) is 5.03. The summed E-state index contributed by atoms with van der Waals surface area (Å²) >= 11 is 1.85. The molecule has 2 bridgehead atoms. The molecule has 3 rings (SSSR count). The van der Waals surface area contributed by atoms with Gasteiger partial charge in [-0.15, -0.1) is 11.3 Å². The molecule has 2 aliphatic heterocycles. The number of hydrogen-bond donors (Lipinski definition) is 0. The maximum absolute atomic E-state index is 11.5. The van der Waals surface area contributed by atoms with Gasteiger partial charge in [0.2, 0.25) is 0 Å². The molecule has 2 fully saturated rings. The smallest absolute Gasteiger partial charge is 0.136 e. The number of carbonyl (C=O) groups excluding carboxylic acids is 1. The van der Waals surface area contributed by atoms with E-state index in [0.717, 1.165) is 19.4 Å². The third kappa shape index (κ3) is 1.72. The molecule has 2 aliphatic rings. The Balaban J connectivity index is 1.77. The lowest BCUT2D eigenvalue weighted by Crippen LogP contribution is -2.42. The average molecular weight is 235 g/mol. The number of aryl methyl sites for hydroxylation is 1. The maximum atomic E-state index is 11.5. The highest BCUT2D eigenvalue weighted by atomic mass is 32.1. The summed E-state index contributed by atoms with van der Waals surface area (Å²) in [6, 6.07) is 3.26. The highest BCUT2D eigenvalue weighted by Gasteiger charge is 2.39. The van der Waals surface area contributed by atoms with Gasteiger partial charge in [0.05, 0.1) is 0 Å². The quantitative estimate of drug-likeness (QED) is 0.785. The molecule has 0 aliphatic carbocycles. The molecule has 0 saturated carbocycles. The van der Waals surface area contributed by atoms with Crippen molar-refractivity contribution in [2.75, 3.05) is 0 Å². The molecule has 2 atom stereocenters. The van der Waals surface area contributed by atoms with Crippen molar-refractivity contribution < 1.29 is 4.79 Å². The minimum atomic E-state index is 0.478. The fraction of sp³-hybridized carbons (Fsp3) is 0.615. The molecule has 0 spiro atoms. The van der Waals surface area contributed by atoms with Crippen molar-refractivity contribution in [2.24, 2.45) is 0 Å². The van der Waals surface area contributed by atoms with Crippen LogP contribution in [0, 0.1) is 6.92 Å². The van der Waals surface area contributed by atoms with E-state index in [1.807, 2.05) is 11.3 Å². The Kier molecular flexibility index (Phi) is 2.60. The number of Topliss-reactive ketones (excluding diaryl/α,β-unsaturated/α-hetero) is 1. The van der Waals surface area contributed by atoms with Crippen LogP contribution in [0.15, 0.2) is 11.4 Å². The number of hydrogen-bond acceptors (Lipinski definition) is 3. The first-order valence-electron chi connectivity index (χ1n) is 6.04. The number of carbonyl (C=O) groups is 1. The molecule has 0 N–H and O–H groups in total. The number of fused-ring (bicyclic) bond motifs is 2. The lowest BCUT2D eigenvalue weighted by molar-refractivity contribution is -0.123. The first-order valence-corrected chi connectivity index (χ1v) is 6.92. The van der Waals surface area contributed by atoms with Crippen molar-refractivity contribution in [1.82, 2.24) is 4.90 Å². The number of rotatable bonds is 2. The van der Waals surface area contributed by atoms with E-state index in [-0.39, 0.29) is 0 Å². The molecule has 3 heteroatoms. The molecular weight excluding hydrogens is 218 g/mol. The second-order valence-corrected chi connectivity index (χ2v) is 6.03. The molecule has 2 unspecified atom stereocenters. The molecule has 2 saturated heterocycles. The van der Waals surface area contributed by atoms with Crippen LogP contribution in [-0.4, -0.2) is 22.8 Å². The van der Waals surface area contributed by atoms with Crippen LogP contribution in [0.1, 0.15) is 36.1 Å². The monoisotopic (exact) mass is 235 g/mol. The topological polar surface area (TPSA) is 20.3 Å². The van der Waals surface area contributed by atoms with Gasteiger partial charge in [-0.05, 0) is 36.8 Å². The largest absolute Gasteiger partial charge is 0.300 e. The predicted octanol–water partition coefficient (Wildman–Crippen LogP) is 2.75. The van der Waals surface area contributed by atoms with E-state index in [1.54, 1.807) is 0 Å². The summed E-state index contributed by atoms with van der Waals surface area (Å²) in [6.45, 7) is 3.24. The molecule has 2 nitrogen and oxygen atoms in total. The first kappa shape index (κ1) is 10.5. The van der Waals surface area contributed by atoms with Crippen LogP contribution in [0.3, 0.4) is 0 Å². The standard InChI is InChI=1S/C13H17NOS/c1-9-4-5-16-13(9)8-14-10-2-3-11(14)7-12(15)6-10/h4-5,10-11H,2-3,6-8H2,1H3. The minimum absolute atomic E-state index is 0.478. The Morgan fingerprint density at radius 3 is 2.62 bits per heavy atom. The SMILES string of the molecule is Cc1ccsc1CN1C2CCC1CC(=O)C2. The molecule has 0 aromatic carbocycles. The van der Waals surface area contributed by atoms with Crippen LogP contribution in [0.5, 0.6) is 0 Å². The zero-order chi connectivity index (χ0) is 11.1. The van der Waals surface area contributed by atoms with E-state index in [2.05, 4.69) is 23.3 Å². The zero-order valence-corrected chi connectivity index (χ0v) is 10.4. The van der Waals surface area contributed by atoms with Crippen molar-refractivity contribution in [3.63, 3.8) is 0 Å².